The molecule has 12 rings (SSSR count). The minimum atomic E-state index is -0.416. The lowest BCUT2D eigenvalue weighted by Crippen LogP contribution is -1.92. The Hall–Kier alpha value is -6.16. The molecular formula is C54H36P2. The third kappa shape index (κ3) is 4.43. The van der Waals surface area contributed by atoms with E-state index in [1.54, 1.807) is 0 Å². The molecule has 262 valence electrons. The van der Waals surface area contributed by atoms with Crippen LogP contribution < -0.4 is 0 Å². The molecule has 0 amide bonds. The van der Waals surface area contributed by atoms with Gasteiger partial charge in [0.15, 0.2) is 0 Å². The van der Waals surface area contributed by atoms with Gasteiger partial charge in [-0.3, -0.25) is 0 Å². The van der Waals surface area contributed by atoms with Crippen LogP contribution >= 0.6 is 15.1 Å². The number of fused-ring (bicyclic) bond motifs is 11. The maximum Gasteiger partial charge on any atom is 0.00274 e. The molecule has 2 heteroatoms. The standard InChI is InChI=1S/C54H36P2/c1-55-48-27-9-7-19-43(48)53-39(25-13-29-50(53)55)37-21-11-23-41-45(37)32-46-38(40-26-14-30-51-54(40)44-20-8-10-28-49(44)56(51)2)22-12-24-42(46)52(41)47-31-33-15-3-4-16-34(33)35-17-5-6-18-36(35)47/h3-32H,1-2H3. The Balaban J connectivity index is 1.28. The Morgan fingerprint density at radius 2 is 0.679 bits per heavy atom. The topological polar surface area (TPSA) is 0 Å². The van der Waals surface area contributed by atoms with Crippen molar-refractivity contribution in [3.8, 4) is 33.4 Å². The van der Waals surface area contributed by atoms with Crippen LogP contribution in [0.25, 0.3) is 118 Å². The van der Waals surface area contributed by atoms with Crippen molar-refractivity contribution >= 4 is 100 Å². The lowest BCUT2D eigenvalue weighted by molar-refractivity contribution is 1.69. The second kappa shape index (κ2) is 12.2. The number of rotatable bonds is 3. The molecule has 0 nitrogen and oxygen atoms in total. The zero-order valence-electron chi connectivity index (χ0n) is 31.2. The van der Waals surface area contributed by atoms with E-state index in [1.807, 2.05) is 0 Å². The van der Waals surface area contributed by atoms with Crippen LogP contribution in [0.1, 0.15) is 0 Å². The summed E-state index contributed by atoms with van der Waals surface area (Å²) in [4.78, 5) is 0. The van der Waals surface area contributed by atoms with E-state index in [4.69, 9.17) is 0 Å². The number of hydrogen-bond acceptors (Lipinski definition) is 0. The molecular weight excluding hydrogens is 711 g/mol. The Morgan fingerprint density at radius 3 is 1.25 bits per heavy atom. The first-order valence-electron chi connectivity index (χ1n) is 19.5. The first kappa shape index (κ1) is 32.1. The molecule has 0 aliphatic carbocycles. The summed E-state index contributed by atoms with van der Waals surface area (Å²) in [7, 11) is -0.832. The molecule has 0 saturated heterocycles. The van der Waals surface area contributed by atoms with Gasteiger partial charge in [0.05, 0.1) is 0 Å². The molecule has 2 aromatic heterocycles. The number of aryl methyl sites for hydroxylation is 2. The van der Waals surface area contributed by atoms with Gasteiger partial charge in [0, 0.05) is 31.2 Å². The molecule has 2 heterocycles. The van der Waals surface area contributed by atoms with Gasteiger partial charge in [0.2, 0.25) is 0 Å². The average Bonchev–Trinajstić information content (AvgIpc) is 3.72. The van der Waals surface area contributed by atoms with Crippen molar-refractivity contribution in [2.45, 2.75) is 0 Å². The van der Waals surface area contributed by atoms with E-state index in [9.17, 15) is 0 Å². The molecule has 10 aromatic carbocycles. The molecule has 0 aliphatic rings. The van der Waals surface area contributed by atoms with Gasteiger partial charge in [-0.2, -0.15) is 0 Å². The Kier molecular flexibility index (Phi) is 6.98. The summed E-state index contributed by atoms with van der Waals surface area (Å²) < 4.78 is 0. The number of hydrogen-bond donors (Lipinski definition) is 0. The highest BCUT2D eigenvalue weighted by Crippen LogP contribution is 2.54. The van der Waals surface area contributed by atoms with Crippen LogP contribution in [0, 0.1) is 0 Å². The van der Waals surface area contributed by atoms with Crippen LogP contribution in [0.3, 0.4) is 0 Å². The Morgan fingerprint density at radius 1 is 0.268 bits per heavy atom. The monoisotopic (exact) mass is 746 g/mol. The SMILES string of the molecule is Cp1c2ccccc2c2c(-c3cccc4c(-c5cc6ccccc6c6ccccc56)c5cccc(-c6cccc7c6c6ccccc6p7C)c5cc34)cccc21. The summed E-state index contributed by atoms with van der Waals surface area (Å²) >= 11 is 0. The first-order chi connectivity index (χ1) is 27.7. The predicted octanol–water partition coefficient (Wildman–Crippen LogP) is 17.0. The van der Waals surface area contributed by atoms with Gasteiger partial charge in [-0.05, 0) is 113 Å². The van der Waals surface area contributed by atoms with E-state index in [1.165, 1.54) is 118 Å². The highest BCUT2D eigenvalue weighted by Gasteiger charge is 2.22. The zero-order chi connectivity index (χ0) is 37.1. The third-order valence-electron chi connectivity index (χ3n) is 12.5. The molecule has 2 atom stereocenters. The lowest BCUT2D eigenvalue weighted by atomic mass is 9.83. The van der Waals surface area contributed by atoms with Crippen molar-refractivity contribution in [2.24, 2.45) is 13.3 Å². The van der Waals surface area contributed by atoms with E-state index in [-0.39, 0.29) is 0 Å². The van der Waals surface area contributed by atoms with Gasteiger partial charge >= 0.3 is 0 Å². The van der Waals surface area contributed by atoms with Crippen molar-refractivity contribution < 1.29 is 0 Å². The van der Waals surface area contributed by atoms with E-state index < -0.39 is 15.1 Å². The van der Waals surface area contributed by atoms with Crippen molar-refractivity contribution in [2.75, 3.05) is 0 Å². The summed E-state index contributed by atoms with van der Waals surface area (Å²) in [5.74, 6) is 0. The normalized spacial score (nSPS) is 12.8. The van der Waals surface area contributed by atoms with Gasteiger partial charge in [0.25, 0.3) is 0 Å². The predicted molar refractivity (Wildman–Crippen MR) is 250 cm³/mol. The van der Waals surface area contributed by atoms with E-state index in [2.05, 4.69) is 195 Å². The van der Waals surface area contributed by atoms with Crippen molar-refractivity contribution in [1.29, 1.82) is 0 Å². The summed E-state index contributed by atoms with van der Waals surface area (Å²) in [6.07, 6.45) is 0. The molecule has 0 saturated carbocycles. The van der Waals surface area contributed by atoms with Gasteiger partial charge in [-0.15, -0.1) is 15.1 Å². The zero-order valence-corrected chi connectivity index (χ0v) is 33.0. The Bertz CT molecular complexity index is 3440. The quantitative estimate of drug-likeness (QED) is 0.125. The maximum absolute atomic E-state index is 2.53. The molecule has 0 aliphatic heterocycles. The summed E-state index contributed by atoms with van der Waals surface area (Å²) in [6.45, 7) is 4.85. The molecule has 0 fully saturated rings. The summed E-state index contributed by atoms with van der Waals surface area (Å²) in [5, 5.41) is 21.8. The molecule has 2 unspecified atom stereocenters. The van der Waals surface area contributed by atoms with Crippen LogP contribution in [0.4, 0.5) is 0 Å². The van der Waals surface area contributed by atoms with Crippen LogP contribution in [0.2, 0.25) is 0 Å². The second-order valence-electron chi connectivity index (χ2n) is 15.3. The fraction of sp³-hybridized carbons (Fsp3) is 0.0370. The van der Waals surface area contributed by atoms with Crippen LogP contribution in [0.15, 0.2) is 182 Å². The highest BCUT2D eigenvalue weighted by molar-refractivity contribution is 7.60. The fourth-order valence-electron chi connectivity index (χ4n) is 10.1. The molecule has 56 heavy (non-hydrogen) atoms. The average molecular weight is 747 g/mol. The minimum Gasteiger partial charge on any atom is -0.112 e. The third-order valence-corrected chi connectivity index (χ3v) is 17.0. The molecule has 0 bridgehead atoms. The second-order valence-corrected chi connectivity index (χ2v) is 19.5. The van der Waals surface area contributed by atoms with Gasteiger partial charge in [-0.1, -0.05) is 170 Å². The highest BCUT2D eigenvalue weighted by atomic mass is 31.1. The maximum atomic E-state index is 2.53. The first-order valence-corrected chi connectivity index (χ1v) is 23.1. The van der Waals surface area contributed by atoms with E-state index in [0.717, 1.165) is 0 Å². The largest absolute Gasteiger partial charge is 0.112 e. The van der Waals surface area contributed by atoms with Gasteiger partial charge < -0.3 is 0 Å². The lowest BCUT2D eigenvalue weighted by Gasteiger charge is -2.20. The van der Waals surface area contributed by atoms with Crippen LogP contribution in [-0.4, -0.2) is 0 Å². The van der Waals surface area contributed by atoms with Gasteiger partial charge in [-0.25, -0.2) is 0 Å². The summed E-state index contributed by atoms with van der Waals surface area (Å²) in [6, 6.07) is 69.2. The Labute approximate surface area is 327 Å². The van der Waals surface area contributed by atoms with Crippen molar-refractivity contribution in [3.63, 3.8) is 0 Å². The van der Waals surface area contributed by atoms with Crippen LogP contribution in [-0.2, 0) is 13.3 Å². The summed E-state index contributed by atoms with van der Waals surface area (Å²) in [5.41, 5.74) is 7.83. The fourth-order valence-corrected chi connectivity index (χ4v) is 14.1. The minimum absolute atomic E-state index is 0.416. The van der Waals surface area contributed by atoms with E-state index in [0.29, 0.717) is 0 Å². The van der Waals surface area contributed by atoms with Crippen molar-refractivity contribution in [3.05, 3.63) is 182 Å². The van der Waals surface area contributed by atoms with E-state index >= 15 is 0 Å². The molecule has 0 N–H and O–H groups in total. The molecule has 12 aromatic rings. The number of benzene rings is 10. The smallest absolute Gasteiger partial charge is 0.00274 e. The molecule has 0 spiro atoms. The van der Waals surface area contributed by atoms with Gasteiger partial charge in [0.1, 0.15) is 0 Å². The molecule has 0 radical (unpaired) electrons. The van der Waals surface area contributed by atoms with Crippen molar-refractivity contribution in [1.82, 2.24) is 0 Å². The van der Waals surface area contributed by atoms with Crippen LogP contribution in [0.5, 0.6) is 0 Å².